The first-order chi connectivity index (χ1) is 9.88. The van der Waals surface area contributed by atoms with Gasteiger partial charge < -0.3 is 4.74 Å². The minimum atomic E-state index is -0.263. The van der Waals surface area contributed by atoms with Crippen molar-refractivity contribution in [3.63, 3.8) is 0 Å². The van der Waals surface area contributed by atoms with Crippen LogP contribution in [-0.2, 0) is 4.79 Å². The van der Waals surface area contributed by atoms with Crippen LogP contribution in [0.15, 0.2) is 27.6 Å². The first-order valence-electron chi connectivity index (χ1n) is 6.52. The molecule has 0 unspecified atom stereocenters. The predicted molar refractivity (Wildman–Crippen MR) is 88.2 cm³/mol. The van der Waals surface area contributed by atoms with Crippen molar-refractivity contribution >= 4 is 44.9 Å². The van der Waals surface area contributed by atoms with Crippen molar-refractivity contribution < 1.29 is 14.3 Å². The summed E-state index contributed by atoms with van der Waals surface area (Å²) >= 11 is 4.41. The Labute approximate surface area is 136 Å². The quantitative estimate of drug-likeness (QED) is 0.747. The summed E-state index contributed by atoms with van der Waals surface area (Å²) in [7, 11) is 1.48. The summed E-state index contributed by atoms with van der Waals surface area (Å²) in [5.74, 6) is 0.957. The third-order valence-electron chi connectivity index (χ3n) is 2.81. The summed E-state index contributed by atoms with van der Waals surface area (Å²) in [5, 5.41) is -0.248. The number of benzene rings is 1. The molecule has 1 saturated heterocycles. The maximum Gasteiger partial charge on any atom is 0.293 e. The number of carbonyl (C=O) groups is 2. The number of thioether (sulfide) groups is 1. The molecule has 0 radical (unpaired) electrons. The number of ether oxygens (including phenoxy) is 1. The normalized spacial score (nSPS) is 17.2. The van der Waals surface area contributed by atoms with Crippen molar-refractivity contribution in [2.24, 2.45) is 5.92 Å². The van der Waals surface area contributed by atoms with E-state index in [1.807, 2.05) is 18.2 Å². The van der Waals surface area contributed by atoms with Crippen LogP contribution in [0.4, 0.5) is 4.79 Å². The molecule has 0 N–H and O–H groups in total. The van der Waals surface area contributed by atoms with E-state index in [2.05, 4.69) is 29.8 Å². The molecule has 0 aliphatic carbocycles. The van der Waals surface area contributed by atoms with E-state index in [1.165, 1.54) is 7.05 Å². The van der Waals surface area contributed by atoms with Crippen LogP contribution in [0, 0.1) is 5.92 Å². The number of likely N-dealkylation sites (N-methyl/N-ethyl adjacent to an activating group) is 1. The van der Waals surface area contributed by atoms with Crippen LogP contribution in [0.1, 0.15) is 19.4 Å². The highest BCUT2D eigenvalue weighted by atomic mass is 79.9. The summed E-state index contributed by atoms with van der Waals surface area (Å²) in [6, 6.07) is 5.60. The zero-order chi connectivity index (χ0) is 15.6. The van der Waals surface area contributed by atoms with Gasteiger partial charge in [0.15, 0.2) is 0 Å². The number of nitrogens with zero attached hydrogens (tertiary/aromatic N) is 1. The standard InChI is InChI=1S/C15H16BrNO3S/c1-9(2)8-20-12-5-4-10(6-11(12)16)7-13-14(18)17(3)15(19)21-13/h4-7,9H,8H2,1-3H3/b13-7+. The second kappa shape index (κ2) is 6.66. The lowest BCUT2D eigenvalue weighted by molar-refractivity contribution is -0.121. The van der Waals surface area contributed by atoms with Gasteiger partial charge in [0.1, 0.15) is 5.75 Å². The van der Waals surface area contributed by atoms with Crippen LogP contribution in [0.3, 0.4) is 0 Å². The Morgan fingerprint density at radius 2 is 2.10 bits per heavy atom. The number of rotatable bonds is 4. The molecule has 1 heterocycles. The minimum absolute atomic E-state index is 0.248. The summed E-state index contributed by atoms with van der Waals surface area (Å²) in [4.78, 5) is 24.8. The van der Waals surface area contributed by atoms with E-state index >= 15 is 0 Å². The molecule has 2 rings (SSSR count). The third kappa shape index (κ3) is 3.89. The molecule has 0 spiro atoms. The summed E-state index contributed by atoms with van der Waals surface area (Å²) < 4.78 is 6.50. The van der Waals surface area contributed by atoms with Gasteiger partial charge in [0.2, 0.25) is 0 Å². The Morgan fingerprint density at radius 1 is 1.38 bits per heavy atom. The van der Waals surface area contributed by atoms with E-state index in [-0.39, 0.29) is 11.1 Å². The van der Waals surface area contributed by atoms with Crippen molar-refractivity contribution in [1.82, 2.24) is 4.90 Å². The fourth-order valence-electron chi connectivity index (χ4n) is 1.68. The molecule has 1 aromatic carbocycles. The maximum atomic E-state index is 11.8. The lowest BCUT2D eigenvalue weighted by Gasteiger charge is -2.10. The highest BCUT2D eigenvalue weighted by molar-refractivity contribution is 9.10. The molecule has 1 aliphatic heterocycles. The smallest absolute Gasteiger partial charge is 0.293 e. The van der Waals surface area contributed by atoms with Gasteiger partial charge in [0.25, 0.3) is 11.1 Å². The fourth-order valence-corrected chi connectivity index (χ4v) is 3.02. The van der Waals surface area contributed by atoms with Gasteiger partial charge in [-0.25, -0.2) is 0 Å². The molecular weight excluding hydrogens is 354 g/mol. The Hall–Kier alpha value is -1.27. The average Bonchev–Trinajstić information content (AvgIpc) is 2.65. The van der Waals surface area contributed by atoms with Crippen LogP contribution < -0.4 is 4.74 Å². The van der Waals surface area contributed by atoms with Gasteiger partial charge in [-0.05, 0) is 57.4 Å². The molecule has 0 aromatic heterocycles. The summed E-state index contributed by atoms with van der Waals surface area (Å²) in [6.45, 7) is 4.82. The van der Waals surface area contributed by atoms with Gasteiger partial charge in [-0.15, -0.1) is 0 Å². The second-order valence-corrected chi connectivity index (χ2v) is 6.98. The number of imide groups is 1. The molecule has 0 atom stereocenters. The van der Waals surface area contributed by atoms with Gasteiger partial charge >= 0.3 is 0 Å². The van der Waals surface area contributed by atoms with Crippen LogP contribution in [-0.4, -0.2) is 29.7 Å². The molecule has 0 saturated carbocycles. The Bertz CT molecular complexity index is 613. The van der Waals surface area contributed by atoms with E-state index in [0.29, 0.717) is 17.4 Å². The van der Waals surface area contributed by atoms with E-state index in [4.69, 9.17) is 4.74 Å². The Balaban J connectivity index is 2.17. The summed E-state index contributed by atoms with van der Waals surface area (Å²) in [5.41, 5.74) is 0.845. The number of amides is 2. The average molecular weight is 370 g/mol. The lowest BCUT2D eigenvalue weighted by Crippen LogP contribution is -2.22. The monoisotopic (exact) mass is 369 g/mol. The molecule has 112 valence electrons. The van der Waals surface area contributed by atoms with Crippen molar-refractivity contribution in [2.75, 3.05) is 13.7 Å². The SMILES string of the molecule is CC(C)COc1ccc(/C=C2/SC(=O)N(C)C2=O)cc1Br. The molecule has 1 fully saturated rings. The zero-order valence-electron chi connectivity index (χ0n) is 12.1. The highest BCUT2D eigenvalue weighted by Gasteiger charge is 2.31. The van der Waals surface area contributed by atoms with Crippen molar-refractivity contribution in [1.29, 1.82) is 0 Å². The van der Waals surface area contributed by atoms with Crippen molar-refractivity contribution in [3.05, 3.63) is 33.1 Å². The maximum absolute atomic E-state index is 11.8. The van der Waals surface area contributed by atoms with Crippen LogP contribution in [0.5, 0.6) is 5.75 Å². The van der Waals surface area contributed by atoms with Gasteiger partial charge in [0.05, 0.1) is 16.0 Å². The predicted octanol–water partition coefficient (Wildman–Crippen LogP) is 4.15. The topological polar surface area (TPSA) is 46.6 Å². The molecule has 1 aromatic rings. The van der Waals surface area contributed by atoms with E-state index in [9.17, 15) is 9.59 Å². The highest BCUT2D eigenvalue weighted by Crippen LogP contribution is 2.33. The first-order valence-corrected chi connectivity index (χ1v) is 8.13. The number of hydrogen-bond acceptors (Lipinski definition) is 4. The van der Waals surface area contributed by atoms with Crippen molar-refractivity contribution in [3.8, 4) is 5.75 Å². The number of carbonyl (C=O) groups excluding carboxylic acids is 2. The molecule has 2 amide bonds. The molecule has 1 aliphatic rings. The molecule has 0 bridgehead atoms. The minimum Gasteiger partial charge on any atom is -0.492 e. The Kier molecular flexibility index (Phi) is 5.11. The lowest BCUT2D eigenvalue weighted by atomic mass is 10.2. The molecule has 4 nitrogen and oxygen atoms in total. The largest absolute Gasteiger partial charge is 0.492 e. The summed E-state index contributed by atoms with van der Waals surface area (Å²) in [6.07, 6.45) is 1.71. The third-order valence-corrected chi connectivity index (χ3v) is 4.39. The van der Waals surface area contributed by atoms with E-state index < -0.39 is 0 Å². The Morgan fingerprint density at radius 3 is 2.62 bits per heavy atom. The van der Waals surface area contributed by atoms with Gasteiger partial charge in [-0.1, -0.05) is 19.9 Å². The molecule has 6 heteroatoms. The van der Waals surface area contributed by atoms with Gasteiger partial charge in [-0.3, -0.25) is 14.5 Å². The van der Waals surface area contributed by atoms with Crippen LogP contribution >= 0.6 is 27.7 Å². The zero-order valence-corrected chi connectivity index (χ0v) is 14.5. The van der Waals surface area contributed by atoms with Gasteiger partial charge in [-0.2, -0.15) is 0 Å². The first kappa shape index (κ1) is 16.1. The van der Waals surface area contributed by atoms with Crippen molar-refractivity contribution in [2.45, 2.75) is 13.8 Å². The second-order valence-electron chi connectivity index (χ2n) is 5.14. The molecule has 21 heavy (non-hydrogen) atoms. The number of halogens is 1. The molecular formula is C15H16BrNO3S. The van der Waals surface area contributed by atoms with E-state index in [1.54, 1.807) is 6.08 Å². The fraction of sp³-hybridized carbons (Fsp3) is 0.333. The van der Waals surface area contributed by atoms with Crippen LogP contribution in [0.25, 0.3) is 6.08 Å². The van der Waals surface area contributed by atoms with Crippen LogP contribution in [0.2, 0.25) is 0 Å². The number of hydrogen-bond donors (Lipinski definition) is 0. The van der Waals surface area contributed by atoms with Gasteiger partial charge in [0, 0.05) is 7.05 Å². The van der Waals surface area contributed by atoms with E-state index in [0.717, 1.165) is 32.4 Å².